The maximum atomic E-state index is 14.9. The molecule has 1 saturated carbocycles. The Kier molecular flexibility index (Phi) is 5.25. The first-order chi connectivity index (χ1) is 14.7. The molecule has 5 nitrogen and oxygen atoms in total. The molecular formula is C24H27FN4O. The van der Waals surface area contributed by atoms with Crippen molar-refractivity contribution in [3.63, 3.8) is 0 Å². The number of carbonyl (C=O) groups is 1. The second-order valence-electron chi connectivity index (χ2n) is 8.52. The highest BCUT2D eigenvalue weighted by Gasteiger charge is 2.36. The van der Waals surface area contributed by atoms with Gasteiger partial charge in [0.1, 0.15) is 5.82 Å². The van der Waals surface area contributed by atoms with Gasteiger partial charge in [-0.3, -0.25) is 9.78 Å². The van der Waals surface area contributed by atoms with Crippen LogP contribution in [0.5, 0.6) is 0 Å². The first-order valence-electron chi connectivity index (χ1n) is 10.9. The summed E-state index contributed by atoms with van der Waals surface area (Å²) >= 11 is 0. The average molecular weight is 407 g/mol. The number of hydrogen-bond acceptors (Lipinski definition) is 3. The molecule has 2 aromatic heterocycles. The summed E-state index contributed by atoms with van der Waals surface area (Å²) in [5.41, 5.74) is 2.81. The molecule has 0 radical (unpaired) electrons. The van der Waals surface area contributed by atoms with Crippen LogP contribution in [0.1, 0.15) is 36.8 Å². The van der Waals surface area contributed by atoms with Gasteiger partial charge >= 0.3 is 0 Å². The Morgan fingerprint density at radius 2 is 2.13 bits per heavy atom. The summed E-state index contributed by atoms with van der Waals surface area (Å²) in [5, 5.41) is 3.97. The smallest absolute Gasteiger partial charge is 0.227 e. The van der Waals surface area contributed by atoms with E-state index in [1.165, 1.54) is 6.07 Å². The molecule has 1 amide bonds. The molecule has 3 heterocycles. The number of nitrogens with one attached hydrogen (secondary N) is 1. The Bertz CT molecular complexity index is 1040. The minimum atomic E-state index is -0.227. The van der Waals surface area contributed by atoms with Crippen LogP contribution in [0.3, 0.4) is 0 Å². The quantitative estimate of drug-likeness (QED) is 0.679. The number of aromatic nitrogens is 2. The molecule has 0 bridgehead atoms. The van der Waals surface area contributed by atoms with Crippen molar-refractivity contribution in [2.24, 2.45) is 5.92 Å². The zero-order chi connectivity index (χ0) is 20.5. The van der Waals surface area contributed by atoms with Crippen LogP contribution >= 0.6 is 0 Å². The van der Waals surface area contributed by atoms with E-state index >= 15 is 0 Å². The summed E-state index contributed by atoms with van der Waals surface area (Å²) in [4.78, 5) is 19.5. The van der Waals surface area contributed by atoms with E-state index < -0.39 is 0 Å². The summed E-state index contributed by atoms with van der Waals surface area (Å²) in [6.07, 6.45) is 9.66. The minimum absolute atomic E-state index is 0.0351. The van der Waals surface area contributed by atoms with E-state index in [9.17, 15) is 9.18 Å². The molecule has 30 heavy (non-hydrogen) atoms. The van der Waals surface area contributed by atoms with Crippen molar-refractivity contribution >= 4 is 16.8 Å². The molecule has 1 unspecified atom stereocenters. The first-order valence-corrected chi connectivity index (χ1v) is 10.9. The Balaban J connectivity index is 1.47. The fourth-order valence-electron chi connectivity index (χ4n) is 4.59. The topological polar surface area (TPSA) is 50.2 Å². The summed E-state index contributed by atoms with van der Waals surface area (Å²) in [7, 11) is 0. The lowest BCUT2D eigenvalue weighted by molar-refractivity contribution is -0.137. The zero-order valence-electron chi connectivity index (χ0n) is 17.1. The van der Waals surface area contributed by atoms with Gasteiger partial charge in [0.15, 0.2) is 0 Å². The van der Waals surface area contributed by atoms with Crippen LogP contribution < -0.4 is 5.32 Å². The number of pyridine rings is 1. The van der Waals surface area contributed by atoms with Crippen molar-refractivity contribution in [1.82, 2.24) is 19.8 Å². The van der Waals surface area contributed by atoms with Crippen LogP contribution in [0.4, 0.5) is 4.39 Å². The Labute approximate surface area is 175 Å². The lowest BCUT2D eigenvalue weighted by Crippen LogP contribution is -2.43. The highest BCUT2D eigenvalue weighted by atomic mass is 19.1. The maximum absolute atomic E-state index is 14.9. The van der Waals surface area contributed by atoms with Gasteiger partial charge in [0.2, 0.25) is 5.91 Å². The molecule has 1 aromatic carbocycles. The van der Waals surface area contributed by atoms with Crippen LogP contribution in [0.15, 0.2) is 48.9 Å². The van der Waals surface area contributed by atoms with Crippen molar-refractivity contribution in [3.05, 3.63) is 65.9 Å². The van der Waals surface area contributed by atoms with Crippen molar-refractivity contribution in [1.29, 1.82) is 0 Å². The molecule has 1 N–H and O–H groups in total. The molecule has 2 fully saturated rings. The number of amides is 1. The number of hydrogen-bond donors (Lipinski definition) is 1. The zero-order valence-corrected chi connectivity index (χ0v) is 17.1. The molecule has 0 spiro atoms. The third kappa shape index (κ3) is 3.84. The Hall–Kier alpha value is -2.73. The standard InChI is InChI=1S/C24H27FN4O/c25-21-6-1-7-22-23(21)19(15-28(22)14-17-4-2-10-26-12-17)16-29(20-8-9-20)24(30)18-5-3-11-27-13-18/h1-2,4,6-7,10,12,15,18,20,27H,3,5,8-9,11,13-14,16H2. The lowest BCUT2D eigenvalue weighted by Gasteiger charge is -2.29. The molecule has 2 aliphatic rings. The number of benzene rings is 1. The highest BCUT2D eigenvalue weighted by Crippen LogP contribution is 2.33. The Morgan fingerprint density at radius 1 is 1.23 bits per heavy atom. The van der Waals surface area contributed by atoms with Gasteiger partial charge in [0, 0.05) is 49.7 Å². The van der Waals surface area contributed by atoms with Crippen molar-refractivity contribution in [3.8, 4) is 0 Å². The van der Waals surface area contributed by atoms with Crippen molar-refractivity contribution < 1.29 is 9.18 Å². The number of nitrogens with zero attached hydrogens (tertiary/aromatic N) is 3. The molecule has 6 heteroatoms. The van der Waals surface area contributed by atoms with Crippen LogP contribution in [0.25, 0.3) is 10.9 Å². The van der Waals surface area contributed by atoms with E-state index in [2.05, 4.69) is 14.9 Å². The summed E-state index contributed by atoms with van der Waals surface area (Å²) < 4.78 is 17.0. The van der Waals surface area contributed by atoms with Crippen LogP contribution in [-0.4, -0.2) is 39.5 Å². The van der Waals surface area contributed by atoms with E-state index in [0.29, 0.717) is 24.5 Å². The van der Waals surface area contributed by atoms with Gasteiger partial charge < -0.3 is 14.8 Å². The van der Waals surface area contributed by atoms with Crippen LogP contribution in [0, 0.1) is 11.7 Å². The van der Waals surface area contributed by atoms with Gasteiger partial charge in [-0.05, 0) is 61.6 Å². The minimum Gasteiger partial charge on any atom is -0.343 e. The molecule has 3 aromatic rings. The predicted molar refractivity (Wildman–Crippen MR) is 114 cm³/mol. The summed E-state index contributed by atoms with van der Waals surface area (Å²) in [5.74, 6) is 0.0251. The fraction of sp³-hybridized carbons (Fsp3) is 0.417. The number of carbonyl (C=O) groups excluding carboxylic acids is 1. The number of halogens is 1. The van der Waals surface area contributed by atoms with E-state index in [0.717, 1.165) is 55.4 Å². The SMILES string of the molecule is O=C(C1CCCNC1)N(Cc1cn(Cc2cccnc2)c2cccc(F)c12)C1CC1. The highest BCUT2D eigenvalue weighted by molar-refractivity contribution is 5.86. The third-order valence-corrected chi connectivity index (χ3v) is 6.27. The second kappa shape index (κ2) is 8.19. The fourth-order valence-corrected chi connectivity index (χ4v) is 4.59. The van der Waals surface area contributed by atoms with Gasteiger partial charge in [-0.2, -0.15) is 0 Å². The first kappa shape index (κ1) is 19.2. The predicted octanol–water partition coefficient (Wildman–Crippen LogP) is 3.71. The summed E-state index contributed by atoms with van der Waals surface area (Å²) in [6.45, 7) is 2.83. The number of rotatable bonds is 6. The van der Waals surface area contributed by atoms with Gasteiger partial charge in [-0.15, -0.1) is 0 Å². The molecule has 156 valence electrons. The van der Waals surface area contributed by atoms with E-state index in [4.69, 9.17) is 0 Å². The molecule has 1 aliphatic carbocycles. The Morgan fingerprint density at radius 3 is 2.87 bits per heavy atom. The normalized spacial score (nSPS) is 19.2. The average Bonchev–Trinajstić information content (AvgIpc) is 3.56. The van der Waals surface area contributed by atoms with Crippen molar-refractivity contribution in [2.75, 3.05) is 13.1 Å². The maximum Gasteiger partial charge on any atom is 0.227 e. The lowest BCUT2D eigenvalue weighted by atomic mass is 9.97. The van der Waals surface area contributed by atoms with Gasteiger partial charge in [-0.1, -0.05) is 12.1 Å². The number of piperidine rings is 1. The van der Waals surface area contributed by atoms with Crippen LogP contribution in [-0.2, 0) is 17.9 Å². The van der Waals surface area contributed by atoms with E-state index in [1.807, 2.05) is 35.5 Å². The van der Waals surface area contributed by atoms with Gasteiger partial charge in [-0.25, -0.2) is 4.39 Å². The monoisotopic (exact) mass is 406 g/mol. The summed E-state index contributed by atoms with van der Waals surface area (Å²) in [6, 6.07) is 9.44. The molecule has 1 saturated heterocycles. The third-order valence-electron chi connectivity index (χ3n) is 6.27. The molecule has 1 aliphatic heterocycles. The second-order valence-corrected chi connectivity index (χ2v) is 8.52. The van der Waals surface area contributed by atoms with E-state index in [1.54, 1.807) is 12.3 Å². The molecule has 1 atom stereocenters. The van der Waals surface area contributed by atoms with Gasteiger partial charge in [0.05, 0.1) is 11.4 Å². The number of fused-ring (bicyclic) bond motifs is 1. The molecular weight excluding hydrogens is 379 g/mol. The van der Waals surface area contributed by atoms with E-state index in [-0.39, 0.29) is 17.6 Å². The van der Waals surface area contributed by atoms with Crippen molar-refractivity contribution in [2.45, 2.75) is 44.8 Å². The van der Waals surface area contributed by atoms with Crippen LogP contribution in [0.2, 0.25) is 0 Å². The largest absolute Gasteiger partial charge is 0.343 e. The van der Waals surface area contributed by atoms with Gasteiger partial charge in [0.25, 0.3) is 0 Å². The molecule has 5 rings (SSSR count).